The molecule has 0 aliphatic rings. The van der Waals surface area contributed by atoms with E-state index in [0.29, 0.717) is 52.8 Å². The number of amides is 2. The number of rotatable bonds is 2. The van der Waals surface area contributed by atoms with E-state index in [2.05, 4.69) is 176 Å². The summed E-state index contributed by atoms with van der Waals surface area (Å²) in [5.74, 6) is 0. The summed E-state index contributed by atoms with van der Waals surface area (Å²) in [6.45, 7) is 10.8. The summed E-state index contributed by atoms with van der Waals surface area (Å²) in [4.78, 5) is 37.7. The molecule has 0 spiro atoms. The maximum absolute atomic E-state index is 11.5. The van der Waals surface area contributed by atoms with Gasteiger partial charge in [0.15, 0.2) is 0 Å². The van der Waals surface area contributed by atoms with Gasteiger partial charge in [0.2, 0.25) is 0 Å². The van der Waals surface area contributed by atoms with E-state index in [1.165, 1.54) is 18.6 Å². The normalized spacial score (nSPS) is 9.65. The van der Waals surface area contributed by atoms with Gasteiger partial charge in [-0.15, -0.1) is 0 Å². The molecule has 0 unspecified atom stereocenters. The average Bonchev–Trinajstić information content (AvgIpc) is 3.02. The van der Waals surface area contributed by atoms with E-state index >= 15 is 0 Å². The number of nitrogens with zero attached hydrogens (tertiary/aromatic N) is 4. The van der Waals surface area contributed by atoms with Gasteiger partial charge in [0.05, 0.1) is 47.5 Å². The first kappa shape index (κ1) is 65.8. The molecule has 6 N–H and O–H groups in total. The van der Waals surface area contributed by atoms with Crippen LogP contribution in [-0.4, -0.2) is 43.3 Å². The summed E-state index contributed by atoms with van der Waals surface area (Å²) < 4.78 is 11.9. The number of nitrogens with one attached hydrogen (secondary N) is 2. The van der Waals surface area contributed by atoms with Crippen LogP contribution in [0.25, 0.3) is 0 Å². The van der Waals surface area contributed by atoms with Crippen molar-refractivity contribution >= 4 is 226 Å². The van der Waals surface area contributed by atoms with Crippen LogP contribution in [0.15, 0.2) is 61.2 Å². The molecule has 0 aliphatic heterocycles. The Morgan fingerprint density at radius 3 is 1.39 bits per heavy atom. The molecule has 4 rings (SSSR count). The summed E-state index contributed by atoms with van der Waals surface area (Å²) in [6.07, 6.45) is 5.01. The summed E-state index contributed by atoms with van der Waals surface area (Å²) in [5, 5.41) is 6.87. The van der Waals surface area contributed by atoms with Gasteiger partial charge < -0.3 is 20.9 Å². The number of carbonyl (C=O) groups is 2. The van der Waals surface area contributed by atoms with E-state index in [1.54, 1.807) is 84.1 Å². The number of pyridine rings is 4. The molecule has 321 valence electrons. The third-order valence-corrected chi connectivity index (χ3v) is 7.11. The van der Waals surface area contributed by atoms with Crippen molar-refractivity contribution < 1.29 is 33.4 Å². The van der Waals surface area contributed by atoms with Crippen molar-refractivity contribution in [3.8, 4) is 0 Å². The average molecular weight is 1730 g/mol. The number of hydrogen-bond acceptors (Lipinski definition) is 10. The molecule has 0 saturated heterocycles. The van der Waals surface area contributed by atoms with E-state index in [1.807, 2.05) is 0 Å². The van der Waals surface area contributed by atoms with Crippen molar-refractivity contribution in [2.75, 3.05) is 22.1 Å². The Morgan fingerprint density at radius 1 is 0.667 bits per heavy atom. The Bertz CT molecular complexity index is 1700. The second kappa shape index (κ2) is 36.5. The molecule has 0 aliphatic carbocycles. The Kier molecular flexibility index (Phi) is 42.1. The van der Waals surface area contributed by atoms with Crippen molar-refractivity contribution in [3.63, 3.8) is 0 Å². The number of nitrogens with two attached hydrogens (primary N) is 2. The first-order chi connectivity index (χ1) is 25.3. The van der Waals surface area contributed by atoms with Gasteiger partial charge in [0.25, 0.3) is 0 Å². The van der Waals surface area contributed by atoms with Crippen LogP contribution < -0.4 is 22.1 Å². The molecule has 57 heavy (non-hydrogen) atoms. The minimum absolute atomic E-state index is 0. The fourth-order valence-corrected chi connectivity index (χ4v) is 4.50. The van der Waals surface area contributed by atoms with Crippen molar-refractivity contribution in [2.24, 2.45) is 0 Å². The Morgan fingerprint density at radius 2 is 1.05 bits per heavy atom. The van der Waals surface area contributed by atoms with E-state index in [-0.39, 0.29) is 19.8 Å². The first-order valence-electron chi connectivity index (χ1n) is 14.3. The van der Waals surface area contributed by atoms with Gasteiger partial charge in [0, 0.05) is 7.14 Å². The molecule has 4 aromatic heterocycles. The summed E-state index contributed by atoms with van der Waals surface area (Å²) in [7, 11) is 0.628. The molecule has 25 heteroatoms. The predicted molar refractivity (Wildman–Crippen MR) is 295 cm³/mol. The van der Waals surface area contributed by atoms with Crippen LogP contribution in [0.3, 0.4) is 0 Å². The topological polar surface area (TPSA) is 180 Å². The number of halogens is 11. The molecule has 12 nitrogen and oxygen atoms in total. The summed E-state index contributed by atoms with van der Waals surface area (Å²) >= 11 is 38.6. The standard InChI is InChI=1S/C10H12ClIN2O2.C10H13ClN2O2.C5H4ClIN2.C5H5ClN2.2CH4.5HI.2V/c1-10(2,3)16-9(15)14-7-5-13-8(11)4-6(7)12;1-10(2,3)15-9(14)13-7-4-5-8(11)12-6-7;6-5-1-3(7)4(8)2-9-5;6-5-2-1-4(7)3-8-5;;;;;;;;;/h4-5H,1-3H3,(H,14,15);4-6H,1-3H3,(H,13,14);1-2H,8H2;1-3H,7H2;2*1H4;5*1H;;/q;;;;;;;;;;;+2;+3/p-5. The number of carbonyl (C=O) groups excluding carboxylic acids is 2. The van der Waals surface area contributed by atoms with Crippen LogP contribution in [0, 0.1) is 7.14 Å². The van der Waals surface area contributed by atoms with Crippen molar-refractivity contribution in [2.45, 2.75) is 67.6 Å². The Balaban J connectivity index is -0.000000316. The van der Waals surface area contributed by atoms with Crippen LogP contribution in [0.4, 0.5) is 32.3 Å². The number of aromatic nitrogens is 4. The molecule has 0 aromatic carbocycles. The zero-order valence-electron chi connectivity index (χ0n) is 29.4. The van der Waals surface area contributed by atoms with Crippen LogP contribution in [0.2, 0.25) is 20.6 Å². The van der Waals surface area contributed by atoms with Gasteiger partial charge in [-0.25, -0.2) is 29.5 Å². The Labute approximate surface area is 450 Å². The molecule has 4 heterocycles. The molecule has 4 aromatic rings. The van der Waals surface area contributed by atoms with Crippen molar-refractivity contribution in [1.29, 1.82) is 0 Å². The fourth-order valence-electron chi connectivity index (χ4n) is 2.59. The number of anilines is 4. The second-order valence-corrected chi connectivity index (χ2v) is 62.3. The summed E-state index contributed by atoms with van der Waals surface area (Å²) in [5.41, 5.74) is 12.2. The van der Waals surface area contributed by atoms with Gasteiger partial charge >= 0.3 is 126 Å². The molecule has 0 fully saturated rings. The van der Waals surface area contributed by atoms with Gasteiger partial charge in [0.1, 0.15) is 31.8 Å². The van der Waals surface area contributed by atoms with Crippen LogP contribution in [0.1, 0.15) is 56.4 Å². The van der Waals surface area contributed by atoms with Crippen molar-refractivity contribution in [3.05, 3.63) is 88.9 Å². The van der Waals surface area contributed by atoms with E-state index in [4.69, 9.17) is 67.3 Å². The summed E-state index contributed by atoms with van der Waals surface area (Å²) in [6, 6.07) is 9.98. The first-order valence-corrected chi connectivity index (χ1v) is 40.5. The van der Waals surface area contributed by atoms with Crippen molar-refractivity contribution in [1.82, 2.24) is 19.9 Å². The minimum atomic E-state index is -0.518. The van der Waals surface area contributed by atoms with Gasteiger partial charge in [-0.3, -0.25) is 10.6 Å². The molecule has 0 atom stereocenters. The third-order valence-electron chi connectivity index (χ3n) is 4.43. The fraction of sp³-hybridized carbons (Fsp3) is 0.312. The molecular formula is C32H42Cl4I7N8O4V2. The van der Waals surface area contributed by atoms with Crippen LogP contribution in [0.5, 0.6) is 0 Å². The van der Waals surface area contributed by atoms with Crippen LogP contribution >= 0.6 is 191 Å². The zero-order valence-corrected chi connectivity index (χ0v) is 50.3. The SMILES string of the molecule is C.C.CC(C)(C)OC(=O)Nc1ccc(Cl)nc1.CC(C)(C)OC(=O)Nc1cnc(Cl)cc1I.Nc1ccc(Cl)nc1.Nc1cnc(Cl)cc1I.[I][V]([I])[I].[I][V][I]. The Hall–Kier alpha value is 2.18. The number of hydrogen-bond donors (Lipinski definition) is 4. The van der Waals surface area contributed by atoms with E-state index < -0.39 is 23.4 Å². The number of nitrogen functional groups attached to an aromatic ring is 2. The molecule has 2 amide bonds. The zero-order chi connectivity index (χ0) is 42.9. The van der Waals surface area contributed by atoms with E-state index in [9.17, 15) is 9.59 Å². The molecule has 0 radical (unpaired) electrons. The molecular weight excluding hydrogens is 1690 g/mol. The quantitative estimate of drug-likeness (QED) is 0.111. The third kappa shape index (κ3) is 41.9. The molecule has 0 saturated carbocycles. The maximum atomic E-state index is 11.5. The van der Waals surface area contributed by atoms with Gasteiger partial charge in [-0.1, -0.05) is 61.3 Å². The number of ether oxygens (including phenoxy) is 2. The van der Waals surface area contributed by atoms with Gasteiger partial charge in [-0.2, -0.15) is 0 Å². The van der Waals surface area contributed by atoms with Gasteiger partial charge in [-0.05, 0) is 123 Å². The predicted octanol–water partition coefficient (Wildman–Crippen LogP) is 15.7. The second-order valence-electron chi connectivity index (χ2n) is 11.3. The molecule has 0 bridgehead atoms. The van der Waals surface area contributed by atoms with Crippen LogP contribution in [-0.2, 0) is 23.9 Å². The monoisotopic (exact) mass is 1730 g/mol. The van der Waals surface area contributed by atoms with E-state index in [0.717, 1.165) is 7.14 Å².